The quantitative estimate of drug-likeness (QED) is 0.495. The number of amides is 1. The van der Waals surface area contributed by atoms with Crippen LogP contribution in [0.1, 0.15) is 37.8 Å². The van der Waals surface area contributed by atoms with E-state index in [9.17, 15) is 4.79 Å². The van der Waals surface area contributed by atoms with E-state index in [4.69, 9.17) is 5.73 Å². The van der Waals surface area contributed by atoms with Crippen molar-refractivity contribution in [3.05, 3.63) is 41.9 Å². The lowest BCUT2D eigenvalue weighted by molar-refractivity contribution is -0.131. The summed E-state index contributed by atoms with van der Waals surface area (Å²) < 4.78 is 0. The fourth-order valence-corrected chi connectivity index (χ4v) is 5.17. The number of hydrogen-bond donors (Lipinski definition) is 5. The Morgan fingerprint density at radius 2 is 2.15 bits per heavy atom. The van der Waals surface area contributed by atoms with Gasteiger partial charge in [-0.25, -0.2) is 10.4 Å². The number of pyridine rings is 1. The zero-order valence-corrected chi connectivity index (χ0v) is 15.4. The Kier molecular flexibility index (Phi) is 4.16. The van der Waals surface area contributed by atoms with E-state index in [0.29, 0.717) is 23.9 Å². The van der Waals surface area contributed by atoms with Crippen LogP contribution in [0.25, 0.3) is 0 Å². The number of nitrogens with two attached hydrogens (primary N) is 1. The molecule has 27 heavy (non-hydrogen) atoms. The molecule has 1 aliphatic carbocycles. The Morgan fingerprint density at radius 3 is 2.96 bits per heavy atom. The molecular formula is C19H27N7O. The third-order valence-corrected chi connectivity index (χ3v) is 6.63. The molecule has 6 N–H and O–H groups in total. The third kappa shape index (κ3) is 2.84. The van der Waals surface area contributed by atoms with Crippen LogP contribution in [0.3, 0.4) is 0 Å². The Morgan fingerprint density at radius 1 is 1.26 bits per heavy atom. The van der Waals surface area contributed by atoms with Gasteiger partial charge in [0.25, 0.3) is 5.91 Å². The third-order valence-electron chi connectivity index (χ3n) is 6.63. The maximum atomic E-state index is 12.8. The molecular weight excluding hydrogens is 342 g/mol. The summed E-state index contributed by atoms with van der Waals surface area (Å²) in [4.78, 5) is 17.3. The SMILES string of the molecule is CC1NNC2CCC(C3=CC(=O)N4NC(N)C(c5ccccn5)C4N3)CC12. The van der Waals surface area contributed by atoms with Gasteiger partial charge in [0.2, 0.25) is 0 Å². The monoisotopic (exact) mass is 369 g/mol. The lowest BCUT2D eigenvalue weighted by Crippen LogP contribution is -2.54. The minimum Gasteiger partial charge on any atom is -0.366 e. The second-order valence-corrected chi connectivity index (χ2v) is 8.19. The molecule has 7 atom stereocenters. The molecule has 8 nitrogen and oxygen atoms in total. The predicted octanol–water partition coefficient (Wildman–Crippen LogP) is -0.109. The van der Waals surface area contributed by atoms with Crippen LogP contribution in [0, 0.1) is 11.8 Å². The average molecular weight is 369 g/mol. The van der Waals surface area contributed by atoms with Gasteiger partial charge < -0.3 is 11.1 Å². The summed E-state index contributed by atoms with van der Waals surface area (Å²) in [6.07, 6.45) is 6.24. The van der Waals surface area contributed by atoms with E-state index < -0.39 is 0 Å². The lowest BCUT2D eigenvalue weighted by atomic mass is 9.74. The molecule has 8 heteroatoms. The van der Waals surface area contributed by atoms with Gasteiger partial charge >= 0.3 is 0 Å². The van der Waals surface area contributed by atoms with Gasteiger partial charge in [-0.05, 0) is 50.2 Å². The fourth-order valence-electron chi connectivity index (χ4n) is 5.17. The van der Waals surface area contributed by atoms with Crippen LogP contribution in [0.5, 0.6) is 0 Å². The van der Waals surface area contributed by atoms with Crippen LogP contribution in [0.4, 0.5) is 0 Å². The van der Waals surface area contributed by atoms with Gasteiger partial charge in [0.05, 0.1) is 17.8 Å². The second-order valence-electron chi connectivity index (χ2n) is 8.19. The first-order valence-electron chi connectivity index (χ1n) is 9.87. The van der Waals surface area contributed by atoms with Crippen molar-refractivity contribution < 1.29 is 4.79 Å². The van der Waals surface area contributed by atoms with Gasteiger partial charge in [-0.1, -0.05) is 6.07 Å². The number of hydrazine groups is 2. The van der Waals surface area contributed by atoms with Crippen LogP contribution < -0.4 is 27.3 Å². The number of carbonyl (C=O) groups excluding carboxylic acids is 1. The highest BCUT2D eigenvalue weighted by atomic mass is 16.2. The van der Waals surface area contributed by atoms with Crippen molar-refractivity contribution in [3.63, 3.8) is 0 Å². The minimum atomic E-state index is -0.354. The maximum Gasteiger partial charge on any atom is 0.264 e. The molecule has 4 aliphatic rings. The normalized spacial score (nSPS) is 41.0. The summed E-state index contributed by atoms with van der Waals surface area (Å²) in [5.41, 5.74) is 18.2. The fraction of sp³-hybridized carbons (Fsp3) is 0.579. The van der Waals surface area contributed by atoms with Crippen molar-refractivity contribution in [1.82, 2.24) is 31.6 Å². The zero-order chi connectivity index (χ0) is 18.5. The number of aromatic nitrogens is 1. The summed E-state index contributed by atoms with van der Waals surface area (Å²) in [5.74, 6) is 0.849. The van der Waals surface area contributed by atoms with E-state index in [2.05, 4.69) is 33.5 Å². The number of allylic oxidation sites excluding steroid dienone is 1. The smallest absolute Gasteiger partial charge is 0.264 e. The van der Waals surface area contributed by atoms with Gasteiger partial charge in [-0.3, -0.25) is 20.6 Å². The molecule has 7 unspecified atom stereocenters. The van der Waals surface area contributed by atoms with Crippen LogP contribution in [-0.2, 0) is 4.79 Å². The molecule has 144 valence electrons. The van der Waals surface area contributed by atoms with E-state index in [1.54, 1.807) is 17.3 Å². The second kappa shape index (κ2) is 6.56. The first-order valence-corrected chi connectivity index (χ1v) is 9.87. The van der Waals surface area contributed by atoms with Gasteiger partial charge in [-0.15, -0.1) is 0 Å². The highest BCUT2D eigenvalue weighted by Gasteiger charge is 2.47. The van der Waals surface area contributed by atoms with Gasteiger partial charge in [-0.2, -0.15) is 0 Å². The maximum absolute atomic E-state index is 12.8. The molecule has 0 bridgehead atoms. The van der Waals surface area contributed by atoms with Gasteiger partial charge in [0.15, 0.2) is 0 Å². The summed E-state index contributed by atoms with van der Waals surface area (Å²) in [7, 11) is 0. The topological polar surface area (TPSA) is 107 Å². The number of nitrogens with one attached hydrogen (secondary N) is 4. The Labute approximate surface area is 158 Å². The zero-order valence-electron chi connectivity index (χ0n) is 15.4. The van der Waals surface area contributed by atoms with Crippen molar-refractivity contribution >= 4 is 5.91 Å². The first-order chi connectivity index (χ1) is 13.1. The van der Waals surface area contributed by atoms with Crippen molar-refractivity contribution in [1.29, 1.82) is 0 Å². The predicted molar refractivity (Wildman–Crippen MR) is 100 cm³/mol. The van der Waals surface area contributed by atoms with E-state index in [1.807, 2.05) is 18.2 Å². The van der Waals surface area contributed by atoms with Crippen LogP contribution in [-0.4, -0.2) is 40.3 Å². The van der Waals surface area contributed by atoms with Crippen molar-refractivity contribution in [2.75, 3.05) is 0 Å². The Bertz CT molecular complexity index is 754. The van der Waals surface area contributed by atoms with Crippen LogP contribution in [0.2, 0.25) is 0 Å². The lowest BCUT2D eigenvalue weighted by Gasteiger charge is -2.39. The Hall–Kier alpha value is -2.00. The summed E-state index contributed by atoms with van der Waals surface area (Å²) >= 11 is 0. The molecule has 1 aromatic rings. The minimum absolute atomic E-state index is 0.0273. The molecule has 3 fully saturated rings. The summed E-state index contributed by atoms with van der Waals surface area (Å²) in [5, 5.41) is 5.26. The number of nitrogens with zero attached hydrogens (tertiary/aromatic N) is 2. The molecule has 1 saturated carbocycles. The number of carbonyl (C=O) groups is 1. The molecule has 0 spiro atoms. The molecule has 2 saturated heterocycles. The van der Waals surface area contributed by atoms with Crippen molar-refractivity contribution in [2.45, 2.75) is 56.5 Å². The average Bonchev–Trinajstić information content (AvgIpc) is 3.22. The van der Waals surface area contributed by atoms with Crippen molar-refractivity contribution in [3.8, 4) is 0 Å². The molecule has 1 aromatic heterocycles. The number of fused-ring (bicyclic) bond motifs is 2. The standard InChI is InChI=1S/C19H27N7O/c1-10-12-8-11(5-6-13(12)24-23-10)15-9-16(27)26-19(22-15)17(18(20)25-26)14-4-2-3-7-21-14/h2-4,7,9-13,17-19,22-25H,5-6,8,20H2,1H3. The van der Waals surface area contributed by atoms with E-state index in [-0.39, 0.29) is 24.2 Å². The van der Waals surface area contributed by atoms with Crippen molar-refractivity contribution in [2.24, 2.45) is 17.6 Å². The molecule has 4 heterocycles. The first kappa shape index (κ1) is 17.1. The molecule has 3 aliphatic heterocycles. The van der Waals surface area contributed by atoms with E-state index in [1.165, 1.54) is 0 Å². The molecule has 5 rings (SSSR count). The highest BCUT2D eigenvalue weighted by Crippen LogP contribution is 2.39. The largest absolute Gasteiger partial charge is 0.366 e. The molecule has 1 amide bonds. The highest BCUT2D eigenvalue weighted by molar-refractivity contribution is 5.89. The number of hydrogen-bond acceptors (Lipinski definition) is 7. The summed E-state index contributed by atoms with van der Waals surface area (Å²) in [6.45, 7) is 2.23. The molecule has 0 aromatic carbocycles. The van der Waals surface area contributed by atoms with E-state index >= 15 is 0 Å². The van der Waals surface area contributed by atoms with E-state index in [0.717, 1.165) is 30.7 Å². The number of rotatable bonds is 2. The molecule has 0 radical (unpaired) electrons. The van der Waals surface area contributed by atoms with Gasteiger partial charge in [0, 0.05) is 30.1 Å². The van der Waals surface area contributed by atoms with Gasteiger partial charge in [0.1, 0.15) is 6.17 Å². The van der Waals surface area contributed by atoms with Crippen LogP contribution in [0.15, 0.2) is 36.2 Å². The Balaban J connectivity index is 1.39. The summed E-state index contributed by atoms with van der Waals surface area (Å²) in [6, 6.07) is 6.82. The van der Waals surface area contributed by atoms with Crippen LogP contribution >= 0.6 is 0 Å².